The molecule has 2 rings (SSSR count). The Morgan fingerprint density at radius 2 is 2.30 bits per heavy atom. The van der Waals surface area contributed by atoms with E-state index in [0.717, 1.165) is 25.8 Å². The highest BCUT2D eigenvalue weighted by Gasteiger charge is 2.38. The van der Waals surface area contributed by atoms with Crippen molar-refractivity contribution in [2.75, 3.05) is 6.61 Å². The van der Waals surface area contributed by atoms with Crippen LogP contribution in [0.4, 0.5) is 0 Å². The van der Waals surface area contributed by atoms with Crippen LogP contribution in [0.5, 0.6) is 0 Å². The normalized spacial score (nSPS) is 17.7. The summed E-state index contributed by atoms with van der Waals surface area (Å²) in [6, 6.07) is 2.42. The molecule has 0 aromatic carbocycles. The molecule has 0 amide bonds. The highest BCUT2D eigenvalue weighted by molar-refractivity contribution is 5.80. The highest BCUT2D eigenvalue weighted by atomic mass is 16.5. The number of unbranched alkanes of at least 4 members (excludes halogenated alkanes) is 1. The second kappa shape index (κ2) is 6.88. The van der Waals surface area contributed by atoms with E-state index in [9.17, 15) is 4.79 Å². The van der Waals surface area contributed by atoms with Gasteiger partial charge in [-0.05, 0) is 52.0 Å². The maximum Gasteiger partial charge on any atom is 0.326 e. The molecular weight excluding hydrogens is 254 g/mol. The Kier molecular flexibility index (Phi) is 5.17. The summed E-state index contributed by atoms with van der Waals surface area (Å²) in [5, 5.41) is 7.63. The van der Waals surface area contributed by atoms with Gasteiger partial charge in [-0.2, -0.15) is 5.10 Å². The summed E-state index contributed by atoms with van der Waals surface area (Å²) in [4.78, 5) is 12.1. The second-order valence-electron chi connectivity index (χ2n) is 5.70. The van der Waals surface area contributed by atoms with E-state index in [4.69, 9.17) is 4.74 Å². The van der Waals surface area contributed by atoms with E-state index in [2.05, 4.69) is 10.4 Å². The van der Waals surface area contributed by atoms with Gasteiger partial charge in [0.15, 0.2) is 0 Å². The van der Waals surface area contributed by atoms with Crippen LogP contribution in [0.25, 0.3) is 0 Å². The number of aromatic nitrogens is 2. The zero-order valence-electron chi connectivity index (χ0n) is 12.5. The minimum Gasteiger partial charge on any atom is -0.465 e. The SMILES string of the molecule is CCOC(=O)C(C)(CCCCn1cccn1)NC1CC1. The van der Waals surface area contributed by atoms with Crippen LogP contribution in [-0.2, 0) is 16.1 Å². The Bertz CT molecular complexity index is 415. The molecule has 1 heterocycles. The van der Waals surface area contributed by atoms with E-state index in [1.807, 2.05) is 30.8 Å². The van der Waals surface area contributed by atoms with Gasteiger partial charge in [0.05, 0.1) is 6.61 Å². The molecule has 1 unspecified atom stereocenters. The van der Waals surface area contributed by atoms with Crippen molar-refractivity contribution in [3.05, 3.63) is 18.5 Å². The first kappa shape index (κ1) is 15.0. The van der Waals surface area contributed by atoms with Gasteiger partial charge in [0, 0.05) is 25.0 Å². The fourth-order valence-electron chi connectivity index (χ4n) is 2.39. The summed E-state index contributed by atoms with van der Waals surface area (Å²) in [6.45, 7) is 5.16. The molecule has 1 aromatic rings. The van der Waals surface area contributed by atoms with Gasteiger partial charge in [0.2, 0.25) is 0 Å². The fourth-order valence-corrected chi connectivity index (χ4v) is 2.39. The monoisotopic (exact) mass is 279 g/mol. The van der Waals surface area contributed by atoms with Crippen LogP contribution < -0.4 is 5.32 Å². The van der Waals surface area contributed by atoms with E-state index in [-0.39, 0.29) is 5.97 Å². The van der Waals surface area contributed by atoms with Gasteiger partial charge in [-0.3, -0.25) is 14.8 Å². The molecule has 0 spiro atoms. The standard InChI is InChI=1S/C15H25N3O2/c1-3-20-14(19)15(2,17-13-7-8-13)9-4-5-11-18-12-6-10-16-18/h6,10,12-13,17H,3-5,7-9,11H2,1-2H3. The Balaban J connectivity index is 1.78. The molecule has 0 saturated heterocycles. The first-order valence-electron chi connectivity index (χ1n) is 7.56. The molecule has 1 saturated carbocycles. The number of aryl methyl sites for hydroxylation is 1. The molecule has 20 heavy (non-hydrogen) atoms. The second-order valence-corrected chi connectivity index (χ2v) is 5.70. The van der Waals surface area contributed by atoms with Gasteiger partial charge in [0.1, 0.15) is 5.54 Å². The van der Waals surface area contributed by atoms with Crippen LogP contribution in [0, 0.1) is 0 Å². The lowest BCUT2D eigenvalue weighted by Crippen LogP contribution is -2.51. The fraction of sp³-hybridized carbons (Fsp3) is 0.733. The molecule has 112 valence electrons. The lowest BCUT2D eigenvalue weighted by molar-refractivity contribution is -0.151. The van der Waals surface area contributed by atoms with E-state index >= 15 is 0 Å². The minimum absolute atomic E-state index is 0.119. The Morgan fingerprint density at radius 3 is 2.90 bits per heavy atom. The molecule has 1 atom stereocenters. The van der Waals surface area contributed by atoms with Gasteiger partial charge in [-0.1, -0.05) is 0 Å². The molecule has 1 N–H and O–H groups in total. The van der Waals surface area contributed by atoms with Crippen LogP contribution in [0.1, 0.15) is 46.0 Å². The number of nitrogens with zero attached hydrogens (tertiary/aromatic N) is 2. The summed E-state index contributed by atoms with van der Waals surface area (Å²) < 4.78 is 7.15. The van der Waals surface area contributed by atoms with E-state index in [1.165, 1.54) is 12.8 Å². The van der Waals surface area contributed by atoms with Crippen molar-refractivity contribution < 1.29 is 9.53 Å². The van der Waals surface area contributed by atoms with Gasteiger partial charge < -0.3 is 4.74 Å². The first-order chi connectivity index (χ1) is 9.64. The maximum absolute atomic E-state index is 12.1. The van der Waals surface area contributed by atoms with Crippen LogP contribution in [0.2, 0.25) is 0 Å². The third-order valence-corrected chi connectivity index (χ3v) is 3.70. The van der Waals surface area contributed by atoms with Crippen LogP contribution in [0.15, 0.2) is 18.5 Å². The lowest BCUT2D eigenvalue weighted by atomic mass is 9.94. The van der Waals surface area contributed by atoms with Crippen molar-refractivity contribution in [3.8, 4) is 0 Å². The number of nitrogens with one attached hydrogen (secondary N) is 1. The predicted octanol–water partition coefficient (Wildman–Crippen LogP) is 2.13. The molecule has 1 aliphatic carbocycles. The maximum atomic E-state index is 12.1. The number of hydrogen-bond acceptors (Lipinski definition) is 4. The van der Waals surface area contributed by atoms with Crippen molar-refractivity contribution in [1.82, 2.24) is 15.1 Å². The van der Waals surface area contributed by atoms with Crippen LogP contribution >= 0.6 is 0 Å². The van der Waals surface area contributed by atoms with Crippen molar-refractivity contribution in [1.29, 1.82) is 0 Å². The third-order valence-electron chi connectivity index (χ3n) is 3.70. The van der Waals surface area contributed by atoms with Gasteiger partial charge in [-0.15, -0.1) is 0 Å². The average molecular weight is 279 g/mol. The van der Waals surface area contributed by atoms with Gasteiger partial charge in [0.25, 0.3) is 0 Å². The topological polar surface area (TPSA) is 56.2 Å². The zero-order valence-corrected chi connectivity index (χ0v) is 12.5. The van der Waals surface area contributed by atoms with E-state index in [1.54, 1.807) is 6.20 Å². The minimum atomic E-state index is -0.540. The van der Waals surface area contributed by atoms with Gasteiger partial charge >= 0.3 is 5.97 Å². The molecule has 0 aliphatic heterocycles. The summed E-state index contributed by atoms with van der Waals surface area (Å²) >= 11 is 0. The highest BCUT2D eigenvalue weighted by Crippen LogP contribution is 2.26. The number of carbonyl (C=O) groups excluding carboxylic acids is 1. The van der Waals surface area contributed by atoms with Crippen molar-refractivity contribution in [2.45, 2.75) is 64.1 Å². The Hall–Kier alpha value is -1.36. The molecule has 5 heteroatoms. The van der Waals surface area contributed by atoms with Crippen LogP contribution in [-0.4, -0.2) is 33.9 Å². The number of rotatable bonds is 9. The Labute approximate surface area is 120 Å². The summed E-state index contributed by atoms with van der Waals surface area (Å²) in [7, 11) is 0. The van der Waals surface area contributed by atoms with Crippen molar-refractivity contribution in [3.63, 3.8) is 0 Å². The van der Waals surface area contributed by atoms with Gasteiger partial charge in [-0.25, -0.2) is 0 Å². The number of esters is 1. The molecule has 1 aliphatic rings. The molecule has 1 fully saturated rings. The molecular formula is C15H25N3O2. The Morgan fingerprint density at radius 1 is 1.50 bits per heavy atom. The van der Waals surface area contributed by atoms with Crippen molar-refractivity contribution >= 4 is 5.97 Å². The summed E-state index contributed by atoms with van der Waals surface area (Å²) in [6.07, 6.45) is 8.90. The zero-order chi connectivity index (χ0) is 14.4. The van der Waals surface area contributed by atoms with Crippen LogP contribution in [0.3, 0.4) is 0 Å². The molecule has 0 bridgehead atoms. The third kappa shape index (κ3) is 4.34. The van der Waals surface area contributed by atoms with E-state index < -0.39 is 5.54 Å². The number of hydrogen-bond donors (Lipinski definition) is 1. The predicted molar refractivity (Wildman–Crippen MR) is 77.3 cm³/mol. The quantitative estimate of drug-likeness (QED) is 0.556. The summed E-state index contributed by atoms with van der Waals surface area (Å²) in [5.41, 5.74) is -0.540. The first-order valence-corrected chi connectivity index (χ1v) is 7.56. The molecule has 1 aromatic heterocycles. The summed E-state index contributed by atoms with van der Waals surface area (Å²) in [5.74, 6) is -0.119. The largest absolute Gasteiger partial charge is 0.465 e. The van der Waals surface area contributed by atoms with E-state index in [0.29, 0.717) is 12.6 Å². The lowest BCUT2D eigenvalue weighted by Gasteiger charge is -2.28. The smallest absolute Gasteiger partial charge is 0.326 e. The number of carbonyl (C=O) groups is 1. The molecule has 5 nitrogen and oxygen atoms in total. The molecule has 0 radical (unpaired) electrons. The number of ether oxygens (including phenoxy) is 1. The van der Waals surface area contributed by atoms with Crippen molar-refractivity contribution in [2.24, 2.45) is 0 Å². The average Bonchev–Trinajstić information content (AvgIpc) is 3.07.